The van der Waals surface area contributed by atoms with Gasteiger partial charge < -0.3 is 9.84 Å². The van der Waals surface area contributed by atoms with E-state index in [1.165, 1.54) is 0 Å². The highest BCUT2D eigenvalue weighted by Gasteiger charge is 2.16. The minimum atomic E-state index is -0.433. The maximum absolute atomic E-state index is 12.4. The first-order valence-corrected chi connectivity index (χ1v) is 8.95. The van der Waals surface area contributed by atoms with Crippen LogP contribution >= 0.6 is 11.8 Å². The van der Waals surface area contributed by atoms with Gasteiger partial charge in [0, 0.05) is 11.4 Å². The number of carbonyl (C=O) groups excluding carboxylic acids is 1. The zero-order chi connectivity index (χ0) is 18.0. The van der Waals surface area contributed by atoms with Gasteiger partial charge >= 0.3 is 0 Å². The zero-order valence-electron chi connectivity index (χ0n) is 14.2. The van der Waals surface area contributed by atoms with Crippen molar-refractivity contribution in [3.05, 3.63) is 51.6 Å². The predicted molar refractivity (Wildman–Crippen MR) is 95.6 cm³/mol. The number of carbonyl (C=O) groups is 1. The van der Waals surface area contributed by atoms with Crippen LogP contribution in [0.4, 0.5) is 0 Å². The molecule has 0 aliphatic carbocycles. The molecule has 0 aliphatic heterocycles. The maximum Gasteiger partial charge on any atom is 0.297 e. The Balaban J connectivity index is 1.71. The monoisotopic (exact) mass is 358 g/mol. The summed E-state index contributed by atoms with van der Waals surface area (Å²) in [7, 11) is 0. The van der Waals surface area contributed by atoms with E-state index < -0.39 is 5.56 Å². The van der Waals surface area contributed by atoms with E-state index >= 15 is 0 Å². The molecule has 3 aromatic rings. The second-order valence-corrected chi connectivity index (χ2v) is 6.52. The topological polar surface area (TPSA) is 90.0 Å². The summed E-state index contributed by atoms with van der Waals surface area (Å²) in [6.07, 6.45) is 2.01. The van der Waals surface area contributed by atoms with E-state index in [0.717, 1.165) is 15.1 Å². The minimum absolute atomic E-state index is 0.162. The first-order valence-electron chi connectivity index (χ1n) is 7.73. The lowest BCUT2D eigenvalue weighted by atomic mass is 10.2. The fourth-order valence-corrected chi connectivity index (χ4v) is 2.99. The second-order valence-electron chi connectivity index (χ2n) is 5.64. The molecule has 130 valence electrons. The number of aryl methyl sites for hydroxylation is 2. The van der Waals surface area contributed by atoms with Crippen LogP contribution in [0.3, 0.4) is 0 Å². The molecule has 1 N–H and O–H groups in total. The molecule has 0 saturated heterocycles. The SMILES string of the molecule is CSc1ccc(CNC(=O)Cn2nc(C)c3c(C)onc3c2=O)cc1. The number of hydrogen-bond donors (Lipinski definition) is 1. The van der Waals surface area contributed by atoms with Gasteiger partial charge in [0.25, 0.3) is 5.56 Å². The summed E-state index contributed by atoms with van der Waals surface area (Å²) in [6.45, 7) is 3.72. The van der Waals surface area contributed by atoms with Crippen molar-refractivity contribution in [2.75, 3.05) is 6.26 Å². The Morgan fingerprint density at radius 3 is 2.68 bits per heavy atom. The van der Waals surface area contributed by atoms with Gasteiger partial charge in [0.2, 0.25) is 5.91 Å². The van der Waals surface area contributed by atoms with Crippen molar-refractivity contribution in [2.45, 2.75) is 31.8 Å². The molecule has 0 spiro atoms. The Kier molecular flexibility index (Phi) is 4.89. The molecule has 7 nitrogen and oxygen atoms in total. The number of amides is 1. The molecular weight excluding hydrogens is 340 g/mol. The molecule has 1 aromatic carbocycles. The van der Waals surface area contributed by atoms with Crippen molar-refractivity contribution in [1.29, 1.82) is 0 Å². The van der Waals surface area contributed by atoms with Crippen LogP contribution in [0, 0.1) is 13.8 Å². The summed E-state index contributed by atoms with van der Waals surface area (Å²) in [5, 5.41) is 11.4. The molecule has 0 fully saturated rings. The van der Waals surface area contributed by atoms with Crippen LogP contribution in [-0.4, -0.2) is 27.1 Å². The number of rotatable bonds is 5. The van der Waals surface area contributed by atoms with Crippen LogP contribution in [-0.2, 0) is 17.9 Å². The van der Waals surface area contributed by atoms with Gasteiger partial charge in [-0.3, -0.25) is 9.59 Å². The van der Waals surface area contributed by atoms with E-state index in [1.54, 1.807) is 25.6 Å². The molecule has 1 amide bonds. The van der Waals surface area contributed by atoms with E-state index in [9.17, 15) is 9.59 Å². The van der Waals surface area contributed by atoms with Crippen LogP contribution < -0.4 is 10.9 Å². The largest absolute Gasteiger partial charge is 0.360 e. The van der Waals surface area contributed by atoms with E-state index in [2.05, 4.69) is 15.6 Å². The van der Waals surface area contributed by atoms with Gasteiger partial charge in [0.05, 0.1) is 11.1 Å². The number of aromatic nitrogens is 3. The van der Waals surface area contributed by atoms with Crippen LogP contribution in [0.1, 0.15) is 17.0 Å². The van der Waals surface area contributed by atoms with Crippen molar-refractivity contribution in [3.8, 4) is 0 Å². The molecule has 2 aromatic heterocycles. The molecule has 0 radical (unpaired) electrons. The summed E-state index contributed by atoms with van der Waals surface area (Å²) >= 11 is 1.66. The summed E-state index contributed by atoms with van der Waals surface area (Å²) < 4.78 is 6.17. The molecule has 8 heteroatoms. The average Bonchev–Trinajstić information content (AvgIpc) is 3.00. The number of nitrogens with one attached hydrogen (secondary N) is 1. The number of benzene rings is 1. The van der Waals surface area contributed by atoms with Crippen molar-refractivity contribution < 1.29 is 9.32 Å². The molecule has 3 rings (SSSR count). The Morgan fingerprint density at radius 2 is 2.00 bits per heavy atom. The molecule has 2 heterocycles. The van der Waals surface area contributed by atoms with Crippen LogP contribution in [0.25, 0.3) is 10.9 Å². The van der Waals surface area contributed by atoms with Gasteiger partial charge in [-0.15, -0.1) is 11.8 Å². The molecule has 0 bridgehead atoms. The summed E-state index contributed by atoms with van der Waals surface area (Å²) in [6, 6.07) is 7.93. The predicted octanol–water partition coefficient (Wildman–Crippen LogP) is 2.04. The van der Waals surface area contributed by atoms with Crippen molar-refractivity contribution in [1.82, 2.24) is 20.3 Å². The number of hydrogen-bond acceptors (Lipinski definition) is 6. The molecule has 0 saturated carbocycles. The second kappa shape index (κ2) is 7.10. The third-order valence-corrected chi connectivity index (χ3v) is 4.62. The summed E-state index contributed by atoms with van der Waals surface area (Å²) in [4.78, 5) is 25.7. The third kappa shape index (κ3) is 3.58. The molecule has 0 atom stereocenters. The summed E-state index contributed by atoms with van der Waals surface area (Å²) in [5.41, 5.74) is 1.36. The Hall–Kier alpha value is -2.61. The number of nitrogens with zero attached hydrogens (tertiary/aromatic N) is 3. The quantitative estimate of drug-likeness (QED) is 0.702. The van der Waals surface area contributed by atoms with Gasteiger partial charge in [-0.25, -0.2) is 4.68 Å². The average molecular weight is 358 g/mol. The van der Waals surface area contributed by atoms with Gasteiger partial charge in [-0.05, 0) is 37.8 Å². The fourth-order valence-electron chi connectivity index (χ4n) is 2.59. The maximum atomic E-state index is 12.4. The molecule has 0 unspecified atom stereocenters. The van der Waals surface area contributed by atoms with E-state index in [4.69, 9.17) is 4.52 Å². The highest BCUT2D eigenvalue weighted by molar-refractivity contribution is 7.98. The Labute approximate surface area is 148 Å². The van der Waals surface area contributed by atoms with Crippen LogP contribution in [0.15, 0.2) is 38.5 Å². The lowest BCUT2D eigenvalue weighted by Gasteiger charge is -2.08. The van der Waals surface area contributed by atoms with Crippen LogP contribution in [0.5, 0.6) is 0 Å². The van der Waals surface area contributed by atoms with Gasteiger partial charge in [-0.1, -0.05) is 17.3 Å². The normalized spacial score (nSPS) is 11.0. The van der Waals surface area contributed by atoms with Gasteiger partial charge in [0.15, 0.2) is 5.52 Å². The van der Waals surface area contributed by atoms with E-state index in [0.29, 0.717) is 23.4 Å². The first-order chi connectivity index (χ1) is 12.0. The standard InChI is InChI=1S/C17H18N4O3S/c1-10-15-11(2)24-20-16(15)17(23)21(19-10)9-14(22)18-8-12-4-6-13(25-3)7-5-12/h4-7H,8-9H2,1-3H3,(H,18,22). The number of thioether (sulfide) groups is 1. The lowest BCUT2D eigenvalue weighted by molar-refractivity contribution is -0.122. The number of fused-ring (bicyclic) bond motifs is 1. The third-order valence-electron chi connectivity index (χ3n) is 3.87. The summed E-state index contributed by atoms with van der Waals surface area (Å²) in [5.74, 6) is 0.255. The van der Waals surface area contributed by atoms with Crippen molar-refractivity contribution >= 4 is 28.6 Å². The Bertz CT molecular complexity index is 976. The zero-order valence-corrected chi connectivity index (χ0v) is 15.0. The molecule has 25 heavy (non-hydrogen) atoms. The Morgan fingerprint density at radius 1 is 1.28 bits per heavy atom. The lowest BCUT2D eigenvalue weighted by Crippen LogP contribution is -2.33. The van der Waals surface area contributed by atoms with Gasteiger partial charge in [-0.2, -0.15) is 5.10 Å². The fraction of sp³-hybridized carbons (Fsp3) is 0.294. The van der Waals surface area contributed by atoms with E-state index in [1.807, 2.05) is 30.5 Å². The highest BCUT2D eigenvalue weighted by Crippen LogP contribution is 2.16. The van der Waals surface area contributed by atoms with Crippen LogP contribution in [0.2, 0.25) is 0 Å². The van der Waals surface area contributed by atoms with Gasteiger partial charge in [0.1, 0.15) is 12.3 Å². The first kappa shape index (κ1) is 17.2. The molecule has 0 aliphatic rings. The van der Waals surface area contributed by atoms with Crippen molar-refractivity contribution in [2.24, 2.45) is 0 Å². The molecular formula is C17H18N4O3S. The van der Waals surface area contributed by atoms with E-state index in [-0.39, 0.29) is 18.0 Å². The van der Waals surface area contributed by atoms with Crippen molar-refractivity contribution in [3.63, 3.8) is 0 Å². The minimum Gasteiger partial charge on any atom is -0.360 e. The highest BCUT2D eigenvalue weighted by atomic mass is 32.2. The smallest absolute Gasteiger partial charge is 0.297 e.